The van der Waals surface area contributed by atoms with Crippen LogP contribution in [0.5, 0.6) is 0 Å². The standard InChI is InChI=1S/C19H14BrN3S/c1-12-14(13-6-3-2-4-7-13)8-5-9-16(12)23-19-18-17(21-11-22-19)15(20)10-24-18/h2-11H,1H3,(H,21,22,23). The number of hydrogen-bond donors (Lipinski definition) is 1. The number of anilines is 2. The van der Waals surface area contributed by atoms with E-state index in [0.717, 1.165) is 26.2 Å². The maximum absolute atomic E-state index is 4.43. The zero-order valence-corrected chi connectivity index (χ0v) is 15.4. The van der Waals surface area contributed by atoms with Gasteiger partial charge in [0.25, 0.3) is 0 Å². The van der Waals surface area contributed by atoms with Gasteiger partial charge in [0.1, 0.15) is 11.8 Å². The number of thiophene rings is 1. The Morgan fingerprint density at radius 1 is 1.00 bits per heavy atom. The van der Waals surface area contributed by atoms with Crippen molar-refractivity contribution in [2.45, 2.75) is 6.92 Å². The van der Waals surface area contributed by atoms with E-state index in [4.69, 9.17) is 0 Å². The van der Waals surface area contributed by atoms with E-state index in [-0.39, 0.29) is 0 Å². The van der Waals surface area contributed by atoms with E-state index in [2.05, 4.69) is 80.6 Å². The number of fused-ring (bicyclic) bond motifs is 1. The fourth-order valence-corrected chi connectivity index (χ4v) is 4.27. The molecule has 2 aromatic carbocycles. The van der Waals surface area contributed by atoms with E-state index in [1.54, 1.807) is 17.7 Å². The molecular weight excluding hydrogens is 382 g/mol. The summed E-state index contributed by atoms with van der Waals surface area (Å²) in [7, 11) is 0. The van der Waals surface area contributed by atoms with Gasteiger partial charge in [0.2, 0.25) is 0 Å². The molecule has 0 atom stereocenters. The maximum Gasteiger partial charge on any atom is 0.151 e. The van der Waals surface area contributed by atoms with Crippen LogP contribution in [-0.2, 0) is 0 Å². The quantitative estimate of drug-likeness (QED) is 0.450. The highest BCUT2D eigenvalue weighted by Gasteiger charge is 2.11. The summed E-state index contributed by atoms with van der Waals surface area (Å²) in [6, 6.07) is 16.7. The molecule has 0 aliphatic carbocycles. The number of aromatic nitrogens is 2. The minimum atomic E-state index is 0.837. The first kappa shape index (κ1) is 15.3. The van der Waals surface area contributed by atoms with Crippen molar-refractivity contribution >= 4 is 49.0 Å². The van der Waals surface area contributed by atoms with E-state index < -0.39 is 0 Å². The lowest BCUT2D eigenvalue weighted by atomic mass is 9.99. The summed E-state index contributed by atoms with van der Waals surface area (Å²) >= 11 is 5.17. The van der Waals surface area contributed by atoms with E-state index in [1.165, 1.54) is 16.7 Å². The van der Waals surface area contributed by atoms with Crippen molar-refractivity contribution in [3.8, 4) is 11.1 Å². The number of nitrogens with zero attached hydrogens (tertiary/aromatic N) is 2. The van der Waals surface area contributed by atoms with Crippen molar-refractivity contribution < 1.29 is 0 Å². The van der Waals surface area contributed by atoms with Gasteiger partial charge in [-0.2, -0.15) is 0 Å². The molecule has 2 heterocycles. The number of hydrogen-bond acceptors (Lipinski definition) is 4. The van der Waals surface area contributed by atoms with Gasteiger partial charge < -0.3 is 5.32 Å². The van der Waals surface area contributed by atoms with Crippen molar-refractivity contribution in [1.82, 2.24) is 9.97 Å². The summed E-state index contributed by atoms with van der Waals surface area (Å²) in [5.74, 6) is 0.837. The molecule has 0 aliphatic rings. The number of benzene rings is 2. The second-order valence-electron chi connectivity index (χ2n) is 5.45. The average molecular weight is 396 g/mol. The Balaban J connectivity index is 1.78. The molecule has 0 fully saturated rings. The van der Waals surface area contributed by atoms with Crippen LogP contribution in [0.2, 0.25) is 0 Å². The molecule has 3 nitrogen and oxygen atoms in total. The minimum Gasteiger partial charge on any atom is -0.339 e. The van der Waals surface area contributed by atoms with Crippen molar-refractivity contribution in [2.24, 2.45) is 0 Å². The molecule has 0 unspecified atom stereocenters. The van der Waals surface area contributed by atoms with Gasteiger partial charge >= 0.3 is 0 Å². The smallest absolute Gasteiger partial charge is 0.151 e. The van der Waals surface area contributed by atoms with Crippen molar-refractivity contribution in [2.75, 3.05) is 5.32 Å². The SMILES string of the molecule is Cc1c(Nc2ncnc3c(Br)csc23)cccc1-c1ccccc1. The Morgan fingerprint density at radius 2 is 1.83 bits per heavy atom. The summed E-state index contributed by atoms with van der Waals surface area (Å²) < 4.78 is 2.05. The molecule has 0 saturated heterocycles. The largest absolute Gasteiger partial charge is 0.339 e. The number of nitrogens with one attached hydrogen (secondary N) is 1. The van der Waals surface area contributed by atoms with Crippen LogP contribution in [0.4, 0.5) is 11.5 Å². The Bertz CT molecular complexity index is 1010. The molecule has 4 rings (SSSR count). The van der Waals surface area contributed by atoms with Crippen molar-refractivity contribution in [3.63, 3.8) is 0 Å². The fourth-order valence-electron chi connectivity index (χ4n) is 2.74. The zero-order chi connectivity index (χ0) is 16.5. The second kappa shape index (κ2) is 6.34. The lowest BCUT2D eigenvalue weighted by Crippen LogP contribution is -1.97. The number of rotatable bonds is 3. The summed E-state index contributed by atoms with van der Waals surface area (Å²) in [6.07, 6.45) is 1.60. The van der Waals surface area contributed by atoms with Crippen LogP contribution in [0.15, 0.2) is 64.7 Å². The summed E-state index contributed by atoms with van der Waals surface area (Å²) in [4.78, 5) is 8.77. The Hall–Kier alpha value is -2.24. The molecule has 1 N–H and O–H groups in total. The first-order valence-electron chi connectivity index (χ1n) is 7.54. The topological polar surface area (TPSA) is 37.8 Å². The van der Waals surface area contributed by atoms with Crippen LogP contribution in [-0.4, -0.2) is 9.97 Å². The Labute approximate surface area is 152 Å². The summed E-state index contributed by atoms with van der Waals surface area (Å²) in [6.45, 7) is 2.13. The fraction of sp³-hybridized carbons (Fsp3) is 0.0526. The molecule has 118 valence electrons. The van der Waals surface area contributed by atoms with E-state index in [0.29, 0.717) is 0 Å². The zero-order valence-electron chi connectivity index (χ0n) is 13.0. The predicted molar refractivity (Wildman–Crippen MR) is 105 cm³/mol. The molecule has 4 aromatic rings. The highest BCUT2D eigenvalue weighted by molar-refractivity contribution is 9.10. The third kappa shape index (κ3) is 2.70. The minimum absolute atomic E-state index is 0.837. The highest BCUT2D eigenvalue weighted by atomic mass is 79.9. The van der Waals surface area contributed by atoms with Gasteiger partial charge in [-0.05, 0) is 45.6 Å². The molecule has 0 amide bonds. The lowest BCUT2D eigenvalue weighted by molar-refractivity contribution is 1.22. The van der Waals surface area contributed by atoms with Gasteiger partial charge in [0, 0.05) is 11.1 Å². The van der Waals surface area contributed by atoms with Gasteiger partial charge in [-0.25, -0.2) is 9.97 Å². The van der Waals surface area contributed by atoms with Gasteiger partial charge in [-0.15, -0.1) is 11.3 Å². The molecule has 0 saturated carbocycles. The number of halogens is 1. The van der Waals surface area contributed by atoms with E-state index >= 15 is 0 Å². The van der Waals surface area contributed by atoms with Crippen molar-refractivity contribution in [1.29, 1.82) is 0 Å². The van der Waals surface area contributed by atoms with E-state index in [1.807, 2.05) is 11.4 Å². The summed E-state index contributed by atoms with van der Waals surface area (Å²) in [5, 5.41) is 5.52. The van der Waals surface area contributed by atoms with Gasteiger partial charge in [-0.3, -0.25) is 0 Å². The highest BCUT2D eigenvalue weighted by Crippen LogP contribution is 2.35. The first-order valence-corrected chi connectivity index (χ1v) is 9.21. The van der Waals surface area contributed by atoms with E-state index in [9.17, 15) is 0 Å². The normalized spacial score (nSPS) is 10.9. The molecule has 2 aromatic heterocycles. The van der Waals surface area contributed by atoms with Crippen LogP contribution in [0.25, 0.3) is 21.3 Å². The maximum atomic E-state index is 4.43. The van der Waals surface area contributed by atoms with Crippen LogP contribution in [0.1, 0.15) is 5.56 Å². The summed E-state index contributed by atoms with van der Waals surface area (Å²) in [5.41, 5.74) is 5.63. The second-order valence-corrected chi connectivity index (χ2v) is 7.19. The van der Waals surface area contributed by atoms with Gasteiger partial charge in [-0.1, -0.05) is 42.5 Å². The molecule has 0 bridgehead atoms. The third-order valence-electron chi connectivity index (χ3n) is 3.98. The Kier molecular flexibility index (Phi) is 4.04. The van der Waals surface area contributed by atoms with Gasteiger partial charge in [0.05, 0.1) is 9.17 Å². The van der Waals surface area contributed by atoms with Crippen LogP contribution >= 0.6 is 27.3 Å². The molecule has 5 heteroatoms. The third-order valence-corrected chi connectivity index (χ3v) is 5.87. The molecule has 24 heavy (non-hydrogen) atoms. The lowest BCUT2D eigenvalue weighted by Gasteiger charge is -2.13. The molecule has 0 radical (unpaired) electrons. The molecular formula is C19H14BrN3S. The monoisotopic (exact) mass is 395 g/mol. The van der Waals surface area contributed by atoms with Crippen LogP contribution < -0.4 is 5.32 Å². The van der Waals surface area contributed by atoms with Gasteiger partial charge in [0.15, 0.2) is 5.82 Å². The van der Waals surface area contributed by atoms with Crippen LogP contribution in [0, 0.1) is 6.92 Å². The van der Waals surface area contributed by atoms with Crippen LogP contribution in [0.3, 0.4) is 0 Å². The first-order chi connectivity index (χ1) is 11.7. The van der Waals surface area contributed by atoms with Crippen molar-refractivity contribution in [3.05, 3.63) is 70.3 Å². The average Bonchev–Trinajstić information content (AvgIpc) is 3.00. The Morgan fingerprint density at radius 3 is 2.67 bits per heavy atom. The predicted octanol–water partition coefficient (Wildman–Crippen LogP) is 6.17. The molecule has 0 spiro atoms. The molecule has 0 aliphatic heterocycles.